The Kier molecular flexibility index (Phi) is 5.68. The molecule has 3 aliphatic rings. The van der Waals surface area contributed by atoms with Crippen molar-refractivity contribution in [3.63, 3.8) is 0 Å². The number of methoxy groups -OCH3 is 1. The molecule has 0 radical (unpaired) electrons. The predicted molar refractivity (Wildman–Crippen MR) is 118 cm³/mol. The molecule has 2 saturated heterocycles. The standard InChI is InChI=1S/C25H25NO7/c1-30-17-5-2-4-15(12-17)22-21(24(28)25(29)26(22)14-18-6-3-9-31-18)23(27)16-7-8-19-20(13-16)33-11-10-32-19/h2,4-5,7-8,12-13,18,22,27H,3,6,9-11,14H2,1H3/t18-,22-/m1/s1. The Hall–Kier alpha value is -3.52. The summed E-state index contributed by atoms with van der Waals surface area (Å²) in [5.74, 6) is 0.00549. The van der Waals surface area contributed by atoms with Crippen LogP contribution in [0.2, 0.25) is 0 Å². The molecule has 0 spiro atoms. The van der Waals surface area contributed by atoms with Gasteiger partial charge in [0.05, 0.1) is 24.8 Å². The molecule has 0 aromatic heterocycles. The molecule has 172 valence electrons. The number of Topliss-reactive ketones (excluding diaryl/α,β-unsaturated/α-hetero) is 1. The lowest BCUT2D eigenvalue weighted by Crippen LogP contribution is -2.36. The van der Waals surface area contributed by atoms with E-state index in [1.165, 1.54) is 4.90 Å². The lowest BCUT2D eigenvalue weighted by atomic mass is 9.95. The maximum Gasteiger partial charge on any atom is 0.295 e. The van der Waals surface area contributed by atoms with Gasteiger partial charge in [0.1, 0.15) is 24.7 Å². The van der Waals surface area contributed by atoms with Gasteiger partial charge < -0.3 is 29.0 Å². The van der Waals surface area contributed by atoms with Crippen molar-refractivity contribution in [2.45, 2.75) is 25.0 Å². The molecule has 5 rings (SSSR count). The quantitative estimate of drug-likeness (QED) is 0.424. The Labute approximate surface area is 191 Å². The van der Waals surface area contributed by atoms with Gasteiger partial charge in [0.15, 0.2) is 11.5 Å². The Morgan fingerprint density at radius 3 is 2.67 bits per heavy atom. The maximum atomic E-state index is 13.2. The Morgan fingerprint density at radius 1 is 1.09 bits per heavy atom. The van der Waals surface area contributed by atoms with Crippen LogP contribution in [-0.2, 0) is 14.3 Å². The summed E-state index contributed by atoms with van der Waals surface area (Å²) >= 11 is 0. The van der Waals surface area contributed by atoms with Crippen LogP contribution >= 0.6 is 0 Å². The molecule has 3 aliphatic heterocycles. The minimum atomic E-state index is -0.766. The summed E-state index contributed by atoms with van der Waals surface area (Å²) in [6.45, 7) is 1.75. The van der Waals surface area contributed by atoms with E-state index in [1.807, 2.05) is 6.07 Å². The van der Waals surface area contributed by atoms with Gasteiger partial charge in [0.2, 0.25) is 0 Å². The average Bonchev–Trinajstić information content (AvgIpc) is 3.45. The van der Waals surface area contributed by atoms with Crippen LogP contribution in [0.4, 0.5) is 0 Å². The van der Waals surface area contributed by atoms with Crippen LogP contribution < -0.4 is 14.2 Å². The smallest absolute Gasteiger partial charge is 0.295 e. The van der Waals surface area contributed by atoms with Crippen molar-refractivity contribution < 1.29 is 33.6 Å². The highest BCUT2D eigenvalue weighted by Gasteiger charge is 2.47. The molecule has 8 heteroatoms. The molecule has 0 bridgehead atoms. The van der Waals surface area contributed by atoms with Crippen molar-refractivity contribution in [3.05, 3.63) is 59.2 Å². The van der Waals surface area contributed by atoms with Crippen LogP contribution in [0, 0.1) is 0 Å². The largest absolute Gasteiger partial charge is 0.507 e. The summed E-state index contributed by atoms with van der Waals surface area (Å²) in [5.41, 5.74) is 1.08. The third-order valence-electron chi connectivity index (χ3n) is 6.19. The number of aliphatic hydroxyl groups is 1. The zero-order valence-electron chi connectivity index (χ0n) is 18.3. The second-order valence-electron chi connectivity index (χ2n) is 8.22. The first-order chi connectivity index (χ1) is 16.1. The lowest BCUT2D eigenvalue weighted by molar-refractivity contribution is -0.140. The molecule has 0 aliphatic carbocycles. The van der Waals surface area contributed by atoms with E-state index in [4.69, 9.17) is 18.9 Å². The van der Waals surface area contributed by atoms with E-state index in [0.29, 0.717) is 48.2 Å². The van der Waals surface area contributed by atoms with Gasteiger partial charge in [-0.1, -0.05) is 12.1 Å². The van der Waals surface area contributed by atoms with Gasteiger partial charge in [-0.05, 0) is 48.7 Å². The van der Waals surface area contributed by atoms with E-state index in [1.54, 1.807) is 43.5 Å². The second kappa shape index (κ2) is 8.78. The van der Waals surface area contributed by atoms with Gasteiger partial charge in [-0.3, -0.25) is 9.59 Å². The van der Waals surface area contributed by atoms with Crippen molar-refractivity contribution in [2.24, 2.45) is 0 Å². The number of ether oxygens (including phenoxy) is 4. The maximum absolute atomic E-state index is 13.2. The first-order valence-corrected chi connectivity index (χ1v) is 11.0. The molecule has 2 aromatic carbocycles. The van der Waals surface area contributed by atoms with Crippen molar-refractivity contribution in [1.82, 2.24) is 4.90 Å². The fourth-order valence-corrected chi connectivity index (χ4v) is 4.58. The number of carbonyl (C=O) groups is 2. The molecule has 2 aromatic rings. The molecule has 2 fully saturated rings. The SMILES string of the molecule is COc1cccc([C@@H]2C(=C(O)c3ccc4c(c3)OCCO4)C(=O)C(=O)N2C[C@H]2CCCO2)c1. The number of fused-ring (bicyclic) bond motifs is 1. The number of hydrogen-bond donors (Lipinski definition) is 1. The van der Waals surface area contributed by atoms with Crippen molar-refractivity contribution in [2.75, 3.05) is 33.5 Å². The number of aliphatic hydroxyl groups excluding tert-OH is 1. The molecule has 0 unspecified atom stereocenters. The summed E-state index contributed by atoms with van der Waals surface area (Å²) < 4.78 is 22.3. The van der Waals surface area contributed by atoms with Crippen molar-refractivity contribution >= 4 is 17.4 Å². The monoisotopic (exact) mass is 451 g/mol. The fourth-order valence-electron chi connectivity index (χ4n) is 4.58. The zero-order chi connectivity index (χ0) is 22.9. The van der Waals surface area contributed by atoms with Crippen molar-refractivity contribution in [1.29, 1.82) is 0 Å². The number of benzene rings is 2. The van der Waals surface area contributed by atoms with Crippen molar-refractivity contribution in [3.8, 4) is 17.2 Å². The third-order valence-corrected chi connectivity index (χ3v) is 6.19. The molecule has 33 heavy (non-hydrogen) atoms. The summed E-state index contributed by atoms with van der Waals surface area (Å²) in [4.78, 5) is 27.8. The van der Waals surface area contributed by atoms with Crippen LogP contribution in [0.25, 0.3) is 5.76 Å². The van der Waals surface area contributed by atoms with E-state index < -0.39 is 17.7 Å². The summed E-state index contributed by atoms with van der Waals surface area (Å²) in [6.07, 6.45) is 1.58. The summed E-state index contributed by atoms with van der Waals surface area (Å²) in [7, 11) is 1.55. The van der Waals surface area contributed by atoms with Gasteiger partial charge in [-0.2, -0.15) is 0 Å². The van der Waals surface area contributed by atoms with E-state index in [9.17, 15) is 14.7 Å². The third kappa shape index (κ3) is 3.91. The van der Waals surface area contributed by atoms with E-state index in [-0.39, 0.29) is 24.0 Å². The minimum absolute atomic E-state index is 0.0305. The summed E-state index contributed by atoms with van der Waals surface area (Å²) in [5, 5.41) is 11.3. The van der Waals surface area contributed by atoms with E-state index in [0.717, 1.165) is 12.8 Å². The predicted octanol–water partition coefficient (Wildman–Crippen LogP) is 3.07. The molecule has 2 atom stereocenters. The molecule has 0 saturated carbocycles. The van der Waals surface area contributed by atoms with Crippen LogP contribution in [0.3, 0.4) is 0 Å². The number of hydrogen-bond acceptors (Lipinski definition) is 7. The first-order valence-electron chi connectivity index (χ1n) is 11.0. The normalized spacial score (nSPS) is 23.7. The van der Waals surface area contributed by atoms with E-state index in [2.05, 4.69) is 0 Å². The van der Waals surface area contributed by atoms with Gasteiger partial charge in [0, 0.05) is 18.7 Å². The summed E-state index contributed by atoms with van der Waals surface area (Å²) in [6, 6.07) is 11.4. The van der Waals surface area contributed by atoms with Gasteiger partial charge in [0.25, 0.3) is 11.7 Å². The Bertz CT molecular complexity index is 1120. The molecule has 1 amide bonds. The zero-order valence-corrected chi connectivity index (χ0v) is 18.3. The van der Waals surface area contributed by atoms with Gasteiger partial charge in [-0.25, -0.2) is 0 Å². The highest BCUT2D eigenvalue weighted by atomic mass is 16.6. The Morgan fingerprint density at radius 2 is 1.91 bits per heavy atom. The number of likely N-dealkylation sites (tertiary alicyclic amines) is 1. The van der Waals surface area contributed by atoms with Gasteiger partial charge >= 0.3 is 0 Å². The average molecular weight is 451 g/mol. The topological polar surface area (TPSA) is 94.5 Å². The molecule has 8 nitrogen and oxygen atoms in total. The number of carbonyl (C=O) groups excluding carboxylic acids is 2. The molecular formula is C25H25NO7. The number of rotatable bonds is 5. The fraction of sp³-hybridized carbons (Fsp3) is 0.360. The molecule has 3 heterocycles. The van der Waals surface area contributed by atoms with E-state index >= 15 is 0 Å². The minimum Gasteiger partial charge on any atom is -0.507 e. The van der Waals surface area contributed by atoms with Crippen LogP contribution in [0.15, 0.2) is 48.0 Å². The van der Waals surface area contributed by atoms with Crippen LogP contribution in [0.1, 0.15) is 30.0 Å². The first kappa shape index (κ1) is 21.3. The van der Waals surface area contributed by atoms with Gasteiger partial charge in [-0.15, -0.1) is 0 Å². The number of amides is 1. The molecular weight excluding hydrogens is 426 g/mol. The molecule has 1 N–H and O–H groups in total. The highest BCUT2D eigenvalue weighted by Crippen LogP contribution is 2.42. The second-order valence-corrected chi connectivity index (χ2v) is 8.22. The van der Waals surface area contributed by atoms with Crippen LogP contribution in [0.5, 0.6) is 17.2 Å². The number of nitrogens with zero attached hydrogens (tertiary/aromatic N) is 1. The lowest BCUT2D eigenvalue weighted by Gasteiger charge is -2.27. The highest BCUT2D eigenvalue weighted by molar-refractivity contribution is 6.46. The van der Waals surface area contributed by atoms with Crippen LogP contribution in [-0.4, -0.2) is 61.3 Å². The Balaban J connectivity index is 1.61. The number of ketones is 1.